The first kappa shape index (κ1) is 28.8. The van der Waals surface area contributed by atoms with E-state index < -0.39 is 28.5 Å². The van der Waals surface area contributed by atoms with Gasteiger partial charge < -0.3 is 10.2 Å². The summed E-state index contributed by atoms with van der Waals surface area (Å²) in [6, 6.07) is 13.9. The molecule has 1 N–H and O–H groups in total. The maximum absolute atomic E-state index is 13.6. The van der Waals surface area contributed by atoms with E-state index in [2.05, 4.69) is 21.2 Å². The molecule has 9 heteroatoms. The summed E-state index contributed by atoms with van der Waals surface area (Å²) in [5.74, 6) is -0.415. The van der Waals surface area contributed by atoms with Gasteiger partial charge in [0.2, 0.25) is 21.8 Å². The molecule has 0 spiro atoms. The molecule has 0 saturated carbocycles. The Kier molecular flexibility index (Phi) is 10.3. The van der Waals surface area contributed by atoms with Crippen LogP contribution in [0.1, 0.15) is 51.7 Å². The SMILES string of the molecule is CC(C)CNC(=O)[C@@H](C)N(Cc1ccc(Br)cc1)C(=O)CN(c1ccccc1C(C)C)S(C)(=O)=O. The monoisotopic (exact) mass is 565 g/mol. The Bertz CT molecular complexity index is 1120. The maximum Gasteiger partial charge on any atom is 0.244 e. The second-order valence-electron chi connectivity index (χ2n) is 9.45. The molecule has 0 bridgehead atoms. The number of nitrogens with one attached hydrogen (secondary N) is 1. The van der Waals surface area contributed by atoms with E-state index in [0.29, 0.717) is 12.2 Å². The van der Waals surface area contributed by atoms with Gasteiger partial charge in [-0.25, -0.2) is 8.42 Å². The largest absolute Gasteiger partial charge is 0.354 e. The van der Waals surface area contributed by atoms with E-state index in [-0.39, 0.29) is 24.3 Å². The van der Waals surface area contributed by atoms with E-state index in [1.807, 2.05) is 64.1 Å². The van der Waals surface area contributed by atoms with Crippen molar-refractivity contribution in [2.45, 2.75) is 53.1 Å². The fourth-order valence-electron chi connectivity index (χ4n) is 3.62. The minimum atomic E-state index is -3.77. The molecular weight excluding hydrogens is 530 g/mol. The zero-order chi connectivity index (χ0) is 26.3. The van der Waals surface area contributed by atoms with Crippen molar-refractivity contribution in [3.05, 3.63) is 64.1 Å². The van der Waals surface area contributed by atoms with Crippen molar-refractivity contribution in [1.82, 2.24) is 10.2 Å². The van der Waals surface area contributed by atoms with Gasteiger partial charge in [0.15, 0.2) is 0 Å². The molecule has 0 aliphatic rings. The van der Waals surface area contributed by atoms with Gasteiger partial charge in [0, 0.05) is 17.6 Å². The van der Waals surface area contributed by atoms with Crippen LogP contribution in [0.4, 0.5) is 5.69 Å². The minimum Gasteiger partial charge on any atom is -0.354 e. The highest BCUT2D eigenvalue weighted by Gasteiger charge is 2.31. The van der Waals surface area contributed by atoms with Gasteiger partial charge in [0.05, 0.1) is 11.9 Å². The lowest BCUT2D eigenvalue weighted by molar-refractivity contribution is -0.139. The van der Waals surface area contributed by atoms with E-state index in [1.54, 1.807) is 19.1 Å². The molecule has 0 aliphatic heterocycles. The summed E-state index contributed by atoms with van der Waals surface area (Å²) in [6.07, 6.45) is 1.09. The number of amides is 2. The van der Waals surface area contributed by atoms with E-state index in [1.165, 1.54) is 4.90 Å². The number of carbonyl (C=O) groups excluding carboxylic acids is 2. The van der Waals surface area contributed by atoms with Crippen molar-refractivity contribution in [3.8, 4) is 0 Å². The number of benzene rings is 2. The highest BCUT2D eigenvalue weighted by atomic mass is 79.9. The predicted octanol–water partition coefficient (Wildman–Crippen LogP) is 4.53. The number of hydrogen-bond donors (Lipinski definition) is 1. The highest BCUT2D eigenvalue weighted by Crippen LogP contribution is 2.29. The molecule has 2 aromatic carbocycles. The summed E-state index contributed by atoms with van der Waals surface area (Å²) in [4.78, 5) is 28.0. The molecule has 0 saturated heterocycles. The van der Waals surface area contributed by atoms with Crippen molar-refractivity contribution in [2.75, 3.05) is 23.7 Å². The summed E-state index contributed by atoms with van der Waals surface area (Å²) < 4.78 is 27.7. The number of carbonyl (C=O) groups is 2. The lowest BCUT2D eigenvalue weighted by Crippen LogP contribution is -2.51. The first-order valence-electron chi connectivity index (χ1n) is 11.7. The Morgan fingerprint density at radius 1 is 0.971 bits per heavy atom. The minimum absolute atomic E-state index is 0.0603. The molecule has 0 unspecified atom stereocenters. The van der Waals surface area contributed by atoms with Gasteiger partial charge in [-0.15, -0.1) is 0 Å². The average molecular weight is 567 g/mol. The standard InChI is InChI=1S/C26H36BrN3O4S/c1-18(2)15-28-26(32)20(5)29(16-21-11-13-22(27)14-12-21)25(31)17-30(35(6,33)34)24-10-8-7-9-23(24)19(3)4/h7-14,18-20H,15-17H2,1-6H3,(H,28,32)/t20-/m1/s1. The highest BCUT2D eigenvalue weighted by molar-refractivity contribution is 9.10. The Hall–Kier alpha value is -2.39. The van der Waals surface area contributed by atoms with Gasteiger partial charge in [0.25, 0.3) is 0 Å². The van der Waals surface area contributed by atoms with Crippen LogP contribution in [0.25, 0.3) is 0 Å². The summed E-state index contributed by atoms with van der Waals surface area (Å²) in [6.45, 7) is 9.86. The molecule has 0 heterocycles. The Balaban J connectivity index is 2.42. The van der Waals surface area contributed by atoms with E-state index in [0.717, 1.165) is 26.2 Å². The molecule has 1 atom stereocenters. The second-order valence-corrected chi connectivity index (χ2v) is 12.3. The first-order valence-corrected chi connectivity index (χ1v) is 14.3. The predicted molar refractivity (Wildman–Crippen MR) is 145 cm³/mol. The fraction of sp³-hybridized carbons (Fsp3) is 0.462. The fourth-order valence-corrected chi connectivity index (χ4v) is 4.75. The van der Waals surface area contributed by atoms with Crippen LogP contribution in [0.3, 0.4) is 0 Å². The summed E-state index contributed by atoms with van der Waals surface area (Å²) in [5, 5.41) is 2.88. The van der Waals surface area contributed by atoms with Crippen LogP contribution in [0.15, 0.2) is 53.0 Å². The quantitative estimate of drug-likeness (QED) is 0.433. The van der Waals surface area contributed by atoms with Gasteiger partial charge in [-0.05, 0) is 48.1 Å². The molecule has 0 fully saturated rings. The maximum atomic E-state index is 13.6. The van der Waals surface area contributed by atoms with Gasteiger partial charge in [0.1, 0.15) is 12.6 Å². The summed E-state index contributed by atoms with van der Waals surface area (Å²) in [5.41, 5.74) is 2.13. The summed E-state index contributed by atoms with van der Waals surface area (Å²) >= 11 is 3.41. The molecule has 35 heavy (non-hydrogen) atoms. The number of para-hydroxylation sites is 1. The summed E-state index contributed by atoms with van der Waals surface area (Å²) in [7, 11) is -3.77. The molecule has 0 aromatic heterocycles. The molecule has 7 nitrogen and oxygen atoms in total. The van der Waals surface area contributed by atoms with Gasteiger partial charge in [-0.2, -0.15) is 0 Å². The van der Waals surface area contributed by atoms with Crippen molar-refractivity contribution >= 4 is 43.5 Å². The topological polar surface area (TPSA) is 86.8 Å². The molecule has 0 radical (unpaired) electrons. The normalized spacial score (nSPS) is 12.5. The first-order chi connectivity index (χ1) is 16.3. The number of anilines is 1. The van der Waals surface area contributed by atoms with Crippen LogP contribution in [-0.4, -0.2) is 50.5 Å². The number of hydrogen-bond acceptors (Lipinski definition) is 4. The van der Waals surface area contributed by atoms with Crippen molar-refractivity contribution in [2.24, 2.45) is 5.92 Å². The van der Waals surface area contributed by atoms with Crippen LogP contribution in [0.2, 0.25) is 0 Å². The lowest BCUT2D eigenvalue weighted by Gasteiger charge is -2.32. The van der Waals surface area contributed by atoms with E-state index in [9.17, 15) is 18.0 Å². The zero-order valence-corrected chi connectivity index (χ0v) is 23.7. The smallest absolute Gasteiger partial charge is 0.244 e. The molecule has 2 rings (SSSR count). The van der Waals surface area contributed by atoms with Crippen molar-refractivity contribution < 1.29 is 18.0 Å². The van der Waals surface area contributed by atoms with Crippen molar-refractivity contribution in [3.63, 3.8) is 0 Å². The van der Waals surface area contributed by atoms with Crippen molar-refractivity contribution in [1.29, 1.82) is 0 Å². The third-order valence-corrected chi connectivity index (χ3v) is 7.28. The van der Waals surface area contributed by atoms with Crippen LogP contribution in [0.5, 0.6) is 0 Å². The number of rotatable bonds is 11. The molecule has 0 aliphatic carbocycles. The third kappa shape index (κ3) is 8.35. The third-order valence-electron chi connectivity index (χ3n) is 5.62. The average Bonchev–Trinajstić information content (AvgIpc) is 2.79. The Morgan fingerprint density at radius 2 is 1.57 bits per heavy atom. The van der Waals surface area contributed by atoms with E-state index in [4.69, 9.17) is 0 Å². The zero-order valence-electron chi connectivity index (χ0n) is 21.3. The van der Waals surface area contributed by atoms with Crippen LogP contribution in [-0.2, 0) is 26.2 Å². The van der Waals surface area contributed by atoms with Gasteiger partial charge >= 0.3 is 0 Å². The van der Waals surface area contributed by atoms with Crippen LogP contribution >= 0.6 is 15.9 Å². The number of sulfonamides is 1. The molecule has 2 aromatic rings. The number of halogens is 1. The Labute approximate surface area is 218 Å². The lowest BCUT2D eigenvalue weighted by atomic mass is 10.0. The van der Waals surface area contributed by atoms with Crippen LogP contribution < -0.4 is 9.62 Å². The Morgan fingerprint density at radius 3 is 2.11 bits per heavy atom. The molecular formula is C26H36BrN3O4S. The van der Waals surface area contributed by atoms with Crippen LogP contribution in [0, 0.1) is 5.92 Å². The molecule has 2 amide bonds. The molecule has 192 valence electrons. The number of nitrogens with zero attached hydrogens (tertiary/aromatic N) is 2. The second kappa shape index (κ2) is 12.5. The van der Waals surface area contributed by atoms with Gasteiger partial charge in [-0.3, -0.25) is 13.9 Å². The van der Waals surface area contributed by atoms with Gasteiger partial charge in [-0.1, -0.05) is 74.0 Å². The van der Waals surface area contributed by atoms with E-state index >= 15 is 0 Å².